The van der Waals surface area contributed by atoms with Crippen LogP contribution in [0.15, 0.2) is 30.6 Å². The SMILES string of the molecule is SCCCCCCCCCn1cnc2ccccc21. The summed E-state index contributed by atoms with van der Waals surface area (Å²) in [4.78, 5) is 4.42. The van der Waals surface area contributed by atoms with Crippen LogP contribution in [0.1, 0.15) is 44.9 Å². The van der Waals surface area contributed by atoms with Crippen LogP contribution in [0.4, 0.5) is 0 Å². The molecular weight excluding hydrogens is 252 g/mol. The second-order valence-electron chi connectivity index (χ2n) is 5.13. The lowest BCUT2D eigenvalue weighted by Crippen LogP contribution is -1.95. The van der Waals surface area contributed by atoms with E-state index in [2.05, 4.69) is 40.4 Å². The van der Waals surface area contributed by atoms with E-state index in [4.69, 9.17) is 0 Å². The Morgan fingerprint density at radius 1 is 0.895 bits per heavy atom. The third-order valence-corrected chi connectivity index (χ3v) is 3.90. The Morgan fingerprint density at radius 2 is 1.58 bits per heavy atom. The predicted octanol–water partition coefficient (Wildman–Crippen LogP) is 4.70. The number of aromatic nitrogens is 2. The number of imidazole rings is 1. The van der Waals surface area contributed by atoms with E-state index >= 15 is 0 Å². The quantitative estimate of drug-likeness (QED) is 0.519. The van der Waals surface area contributed by atoms with Crippen molar-refractivity contribution in [3.8, 4) is 0 Å². The maximum atomic E-state index is 4.42. The molecule has 19 heavy (non-hydrogen) atoms. The van der Waals surface area contributed by atoms with Crippen LogP contribution >= 0.6 is 12.6 Å². The summed E-state index contributed by atoms with van der Waals surface area (Å²) < 4.78 is 2.27. The van der Waals surface area contributed by atoms with Crippen molar-refractivity contribution in [1.29, 1.82) is 0 Å². The van der Waals surface area contributed by atoms with Gasteiger partial charge in [-0.1, -0.05) is 44.2 Å². The molecular formula is C16H24N2S. The van der Waals surface area contributed by atoms with Gasteiger partial charge >= 0.3 is 0 Å². The Kier molecular flexibility index (Phi) is 6.28. The fourth-order valence-electron chi connectivity index (χ4n) is 2.47. The van der Waals surface area contributed by atoms with Crippen LogP contribution in [0.5, 0.6) is 0 Å². The molecule has 0 unspecified atom stereocenters. The molecule has 0 saturated heterocycles. The fourth-order valence-corrected chi connectivity index (χ4v) is 2.69. The minimum absolute atomic E-state index is 1.04. The molecule has 0 amide bonds. The number of rotatable bonds is 9. The lowest BCUT2D eigenvalue weighted by Gasteiger charge is -2.04. The Labute approximate surface area is 121 Å². The first-order chi connectivity index (χ1) is 9.42. The molecule has 104 valence electrons. The van der Waals surface area contributed by atoms with Crippen LogP contribution in [0, 0.1) is 0 Å². The number of benzene rings is 1. The molecule has 0 saturated carbocycles. The zero-order valence-corrected chi connectivity index (χ0v) is 12.5. The van der Waals surface area contributed by atoms with Crippen LogP contribution in [0.3, 0.4) is 0 Å². The summed E-state index contributed by atoms with van der Waals surface area (Å²) in [6, 6.07) is 8.36. The molecule has 0 aliphatic heterocycles. The molecule has 2 aromatic rings. The molecule has 1 heterocycles. The summed E-state index contributed by atoms with van der Waals surface area (Å²) in [6.45, 7) is 1.09. The van der Waals surface area contributed by atoms with E-state index in [-0.39, 0.29) is 0 Å². The number of hydrogen-bond acceptors (Lipinski definition) is 2. The van der Waals surface area contributed by atoms with Crippen molar-refractivity contribution in [3.05, 3.63) is 30.6 Å². The van der Waals surface area contributed by atoms with E-state index in [1.54, 1.807) is 0 Å². The van der Waals surface area contributed by atoms with Gasteiger partial charge in [0.1, 0.15) is 0 Å². The van der Waals surface area contributed by atoms with Gasteiger partial charge in [-0.2, -0.15) is 12.6 Å². The van der Waals surface area contributed by atoms with Crippen molar-refractivity contribution in [3.63, 3.8) is 0 Å². The van der Waals surface area contributed by atoms with Crippen LogP contribution < -0.4 is 0 Å². The van der Waals surface area contributed by atoms with Gasteiger partial charge in [-0.15, -0.1) is 0 Å². The van der Waals surface area contributed by atoms with E-state index in [1.807, 2.05) is 12.4 Å². The number of para-hydroxylation sites is 2. The summed E-state index contributed by atoms with van der Waals surface area (Å²) in [5, 5.41) is 0. The van der Waals surface area contributed by atoms with Crippen molar-refractivity contribution < 1.29 is 0 Å². The molecule has 0 bridgehead atoms. The van der Waals surface area contributed by atoms with E-state index in [0.717, 1.165) is 17.8 Å². The summed E-state index contributed by atoms with van der Waals surface area (Å²) in [7, 11) is 0. The van der Waals surface area contributed by atoms with Gasteiger partial charge < -0.3 is 4.57 Å². The standard InChI is InChI=1S/C16H24N2S/c19-13-9-5-3-1-2-4-8-12-18-14-17-15-10-6-7-11-16(15)18/h6-7,10-11,14,19H,1-5,8-9,12-13H2. The van der Waals surface area contributed by atoms with Gasteiger partial charge in [0.05, 0.1) is 17.4 Å². The summed E-state index contributed by atoms with van der Waals surface area (Å²) in [6.07, 6.45) is 11.3. The minimum atomic E-state index is 1.04. The molecule has 0 N–H and O–H groups in total. The average Bonchev–Trinajstić information content (AvgIpc) is 2.85. The lowest BCUT2D eigenvalue weighted by molar-refractivity contribution is 0.556. The van der Waals surface area contributed by atoms with Crippen molar-refractivity contribution >= 4 is 23.7 Å². The van der Waals surface area contributed by atoms with Crippen molar-refractivity contribution in [1.82, 2.24) is 9.55 Å². The number of hydrogen-bond donors (Lipinski definition) is 1. The van der Waals surface area contributed by atoms with Crippen molar-refractivity contribution in [2.45, 2.75) is 51.5 Å². The van der Waals surface area contributed by atoms with Gasteiger partial charge in [-0.3, -0.25) is 0 Å². The highest BCUT2D eigenvalue weighted by atomic mass is 32.1. The Morgan fingerprint density at radius 3 is 2.37 bits per heavy atom. The molecule has 0 aliphatic rings. The van der Waals surface area contributed by atoms with E-state index < -0.39 is 0 Å². The zero-order chi connectivity index (χ0) is 13.3. The molecule has 2 nitrogen and oxygen atoms in total. The highest BCUT2D eigenvalue weighted by Gasteiger charge is 2.00. The monoisotopic (exact) mass is 276 g/mol. The Balaban J connectivity index is 1.63. The first-order valence-corrected chi connectivity index (χ1v) is 8.06. The molecule has 1 aromatic carbocycles. The molecule has 0 fully saturated rings. The van der Waals surface area contributed by atoms with Crippen LogP contribution in [0.25, 0.3) is 11.0 Å². The third-order valence-electron chi connectivity index (χ3n) is 3.58. The minimum Gasteiger partial charge on any atom is -0.331 e. The summed E-state index contributed by atoms with van der Waals surface area (Å²) in [5.41, 5.74) is 2.37. The van der Waals surface area contributed by atoms with E-state index in [1.165, 1.54) is 50.5 Å². The van der Waals surface area contributed by atoms with Gasteiger partial charge in [0.15, 0.2) is 0 Å². The van der Waals surface area contributed by atoms with Crippen molar-refractivity contribution in [2.75, 3.05) is 5.75 Å². The summed E-state index contributed by atoms with van der Waals surface area (Å²) >= 11 is 4.23. The molecule has 0 spiro atoms. The van der Waals surface area contributed by atoms with Crippen LogP contribution in [-0.2, 0) is 6.54 Å². The zero-order valence-electron chi connectivity index (χ0n) is 11.6. The molecule has 3 heteroatoms. The summed E-state index contributed by atoms with van der Waals surface area (Å²) in [5.74, 6) is 1.04. The third kappa shape index (κ3) is 4.57. The van der Waals surface area contributed by atoms with Gasteiger partial charge in [-0.25, -0.2) is 4.98 Å². The average molecular weight is 276 g/mol. The largest absolute Gasteiger partial charge is 0.331 e. The Hall–Kier alpha value is -0.960. The smallest absolute Gasteiger partial charge is 0.0958 e. The van der Waals surface area contributed by atoms with E-state index in [9.17, 15) is 0 Å². The lowest BCUT2D eigenvalue weighted by atomic mass is 10.1. The number of unbranched alkanes of at least 4 members (excludes halogenated alkanes) is 6. The van der Waals surface area contributed by atoms with Gasteiger partial charge in [0, 0.05) is 6.54 Å². The van der Waals surface area contributed by atoms with Gasteiger partial charge in [0.25, 0.3) is 0 Å². The first-order valence-electron chi connectivity index (χ1n) is 7.42. The van der Waals surface area contributed by atoms with Gasteiger partial charge in [-0.05, 0) is 30.7 Å². The number of nitrogens with zero attached hydrogens (tertiary/aromatic N) is 2. The normalized spacial score (nSPS) is 11.2. The van der Waals surface area contributed by atoms with Crippen LogP contribution in [-0.4, -0.2) is 15.3 Å². The molecule has 2 rings (SSSR count). The molecule has 0 aliphatic carbocycles. The molecule has 0 atom stereocenters. The number of aryl methyl sites for hydroxylation is 1. The topological polar surface area (TPSA) is 17.8 Å². The van der Waals surface area contributed by atoms with E-state index in [0.29, 0.717) is 0 Å². The highest BCUT2D eigenvalue weighted by Crippen LogP contribution is 2.14. The van der Waals surface area contributed by atoms with Crippen LogP contribution in [0.2, 0.25) is 0 Å². The molecule has 0 radical (unpaired) electrons. The predicted molar refractivity (Wildman–Crippen MR) is 85.9 cm³/mol. The molecule has 1 aromatic heterocycles. The highest BCUT2D eigenvalue weighted by molar-refractivity contribution is 7.80. The first kappa shape index (κ1) is 14.4. The maximum Gasteiger partial charge on any atom is 0.0958 e. The second kappa shape index (κ2) is 8.26. The number of thiol groups is 1. The fraction of sp³-hybridized carbons (Fsp3) is 0.562. The Bertz CT molecular complexity index is 478. The number of fused-ring (bicyclic) bond motifs is 1. The maximum absolute atomic E-state index is 4.42. The second-order valence-corrected chi connectivity index (χ2v) is 5.57. The van der Waals surface area contributed by atoms with Crippen molar-refractivity contribution in [2.24, 2.45) is 0 Å². The van der Waals surface area contributed by atoms with Gasteiger partial charge in [0.2, 0.25) is 0 Å².